The number of alkyl carbamates (subject to hydrolysis) is 1. The highest BCUT2D eigenvalue weighted by molar-refractivity contribution is 6.31. The van der Waals surface area contributed by atoms with Gasteiger partial charge in [-0.05, 0) is 56.7 Å². The van der Waals surface area contributed by atoms with Crippen LogP contribution in [0.15, 0.2) is 36.4 Å². The summed E-state index contributed by atoms with van der Waals surface area (Å²) in [7, 11) is 1.21. The third-order valence-corrected chi connectivity index (χ3v) is 4.63. The summed E-state index contributed by atoms with van der Waals surface area (Å²) >= 11 is 6.19. The Bertz CT molecular complexity index is 1120. The van der Waals surface area contributed by atoms with E-state index in [0.717, 1.165) is 0 Å². The lowest BCUT2D eigenvalue weighted by Crippen LogP contribution is -2.45. The smallest absolute Gasteiger partial charge is 0.408 e. The molecule has 1 atom stereocenters. The molecule has 188 valence electrons. The molecule has 35 heavy (non-hydrogen) atoms. The lowest BCUT2D eigenvalue weighted by molar-refractivity contribution is -0.143. The third-order valence-electron chi connectivity index (χ3n) is 4.40. The van der Waals surface area contributed by atoms with Crippen molar-refractivity contribution < 1.29 is 38.1 Å². The monoisotopic (exact) mass is 505 g/mol. The van der Waals surface area contributed by atoms with Crippen LogP contribution in [0.25, 0.3) is 11.1 Å². The number of methoxy groups -OCH3 is 1. The van der Waals surface area contributed by atoms with Crippen LogP contribution in [-0.2, 0) is 30.3 Å². The highest BCUT2D eigenvalue weighted by atomic mass is 35.5. The van der Waals surface area contributed by atoms with Crippen LogP contribution in [0.1, 0.15) is 40.2 Å². The predicted molar refractivity (Wildman–Crippen MR) is 128 cm³/mol. The van der Waals surface area contributed by atoms with Gasteiger partial charge in [0, 0.05) is 36.4 Å². The second-order valence-electron chi connectivity index (χ2n) is 8.58. The molecule has 0 aromatic heterocycles. The molecule has 0 saturated carbocycles. The molecule has 1 amide bonds. The minimum absolute atomic E-state index is 0.0305. The van der Waals surface area contributed by atoms with Crippen molar-refractivity contribution in [3.05, 3.63) is 47.0 Å². The van der Waals surface area contributed by atoms with E-state index in [9.17, 15) is 19.2 Å². The molecule has 0 heterocycles. The summed E-state index contributed by atoms with van der Waals surface area (Å²) < 4.78 is 20.7. The molecule has 0 aliphatic carbocycles. The highest BCUT2D eigenvalue weighted by Crippen LogP contribution is 2.39. The second kappa shape index (κ2) is 11.7. The number of hydrogen-bond donors (Lipinski definition) is 1. The molecule has 0 fully saturated rings. The number of hydrogen-bond acceptors (Lipinski definition) is 8. The first-order valence-electron chi connectivity index (χ1n) is 10.7. The van der Waals surface area contributed by atoms with Crippen LogP contribution < -0.4 is 14.8 Å². The van der Waals surface area contributed by atoms with Gasteiger partial charge in [-0.15, -0.1) is 0 Å². The summed E-state index contributed by atoms with van der Waals surface area (Å²) in [5.74, 6) is -1.40. The van der Waals surface area contributed by atoms with E-state index in [-0.39, 0.29) is 17.9 Å². The van der Waals surface area contributed by atoms with Gasteiger partial charge in [0.15, 0.2) is 0 Å². The number of benzene rings is 2. The standard InChI is InChI=1S/C25H28ClNO8/c1-14(28)33-21-9-7-16(12-20(23(30)32-6)27-24(31)35-25(3,4)5)11-18(21)19-13-17(26)8-10-22(19)34-15(2)29/h7-11,13,20H,12H2,1-6H3,(H,27,31)/t20-/m0/s1. The fourth-order valence-corrected chi connectivity index (χ4v) is 3.31. The fraction of sp³-hybridized carbons (Fsp3) is 0.360. The molecule has 0 spiro atoms. The zero-order chi connectivity index (χ0) is 26.3. The summed E-state index contributed by atoms with van der Waals surface area (Å²) in [6, 6.07) is 8.37. The van der Waals surface area contributed by atoms with Crippen LogP contribution in [0, 0.1) is 0 Å². The molecular weight excluding hydrogens is 478 g/mol. The quantitative estimate of drug-likeness (QED) is 0.432. The molecule has 10 heteroatoms. The van der Waals surface area contributed by atoms with Crippen LogP contribution in [0.2, 0.25) is 5.02 Å². The summed E-state index contributed by atoms with van der Waals surface area (Å²) in [6.45, 7) is 7.61. The first-order valence-corrected chi connectivity index (χ1v) is 11.0. The lowest BCUT2D eigenvalue weighted by Gasteiger charge is -2.23. The molecule has 2 aromatic rings. The van der Waals surface area contributed by atoms with E-state index in [0.29, 0.717) is 21.7 Å². The van der Waals surface area contributed by atoms with Crippen molar-refractivity contribution in [2.75, 3.05) is 7.11 Å². The number of nitrogens with one attached hydrogen (secondary N) is 1. The molecule has 2 aromatic carbocycles. The average molecular weight is 506 g/mol. The number of halogens is 1. The topological polar surface area (TPSA) is 117 Å². The Hall–Kier alpha value is -3.59. The van der Waals surface area contributed by atoms with Gasteiger partial charge in [-0.1, -0.05) is 17.7 Å². The van der Waals surface area contributed by atoms with Crippen LogP contribution >= 0.6 is 11.6 Å². The average Bonchev–Trinajstić information content (AvgIpc) is 2.73. The number of esters is 3. The third kappa shape index (κ3) is 8.60. The Morgan fingerprint density at radius 1 is 0.914 bits per heavy atom. The Labute approximate surface area is 208 Å². The van der Waals surface area contributed by atoms with Crippen molar-refractivity contribution >= 4 is 35.6 Å². The summed E-state index contributed by atoms with van der Waals surface area (Å²) in [5.41, 5.74) is 0.595. The maximum atomic E-state index is 12.4. The van der Waals surface area contributed by atoms with E-state index in [1.54, 1.807) is 45.0 Å². The normalized spacial score (nSPS) is 11.7. The summed E-state index contributed by atoms with van der Waals surface area (Å²) in [4.78, 5) is 48.0. The molecule has 0 aliphatic heterocycles. The molecule has 1 N–H and O–H groups in total. The van der Waals surface area contributed by atoms with E-state index >= 15 is 0 Å². The van der Waals surface area contributed by atoms with Crippen molar-refractivity contribution in [2.45, 2.75) is 52.7 Å². The van der Waals surface area contributed by atoms with Gasteiger partial charge in [0.1, 0.15) is 23.1 Å². The number of rotatable bonds is 7. The largest absolute Gasteiger partial charge is 0.467 e. The molecule has 0 bridgehead atoms. The van der Waals surface area contributed by atoms with E-state index in [1.807, 2.05) is 0 Å². The zero-order valence-corrected chi connectivity index (χ0v) is 21.1. The Kier molecular flexibility index (Phi) is 9.25. The zero-order valence-electron chi connectivity index (χ0n) is 20.4. The van der Waals surface area contributed by atoms with Crippen LogP contribution in [-0.4, -0.2) is 42.8 Å². The summed E-state index contributed by atoms with van der Waals surface area (Å²) in [6.07, 6.45) is -0.750. The molecule has 9 nitrogen and oxygen atoms in total. The maximum absolute atomic E-state index is 12.4. The number of carbonyl (C=O) groups is 4. The maximum Gasteiger partial charge on any atom is 0.408 e. The van der Waals surface area contributed by atoms with Crippen LogP contribution in [0.5, 0.6) is 11.5 Å². The molecule has 2 rings (SSSR count). The van der Waals surface area contributed by atoms with E-state index in [2.05, 4.69) is 5.32 Å². The lowest BCUT2D eigenvalue weighted by atomic mass is 9.97. The number of carbonyl (C=O) groups excluding carboxylic acids is 4. The van der Waals surface area contributed by atoms with Gasteiger partial charge >= 0.3 is 24.0 Å². The molecule has 0 radical (unpaired) electrons. The van der Waals surface area contributed by atoms with Crippen molar-refractivity contribution in [1.29, 1.82) is 0 Å². The SMILES string of the molecule is COC(=O)[C@H](Cc1ccc(OC(C)=O)c(-c2cc(Cl)ccc2OC(C)=O)c1)NC(=O)OC(C)(C)C. The first-order chi connectivity index (χ1) is 16.3. The van der Waals surface area contributed by atoms with Gasteiger partial charge in [-0.2, -0.15) is 0 Å². The van der Waals surface area contributed by atoms with Gasteiger partial charge in [-0.3, -0.25) is 9.59 Å². The van der Waals surface area contributed by atoms with Gasteiger partial charge in [0.2, 0.25) is 0 Å². The van der Waals surface area contributed by atoms with E-state index in [1.165, 1.54) is 33.1 Å². The minimum atomic E-state index is -1.06. The van der Waals surface area contributed by atoms with Crippen molar-refractivity contribution in [1.82, 2.24) is 5.32 Å². The van der Waals surface area contributed by atoms with Crippen LogP contribution in [0.4, 0.5) is 4.79 Å². The first kappa shape index (κ1) is 27.7. The molecule has 0 saturated heterocycles. The second-order valence-corrected chi connectivity index (χ2v) is 9.02. The van der Waals surface area contributed by atoms with Crippen molar-refractivity contribution in [2.24, 2.45) is 0 Å². The number of ether oxygens (including phenoxy) is 4. The fourth-order valence-electron chi connectivity index (χ4n) is 3.14. The van der Waals surface area contributed by atoms with Gasteiger partial charge in [0.05, 0.1) is 7.11 Å². The Morgan fingerprint density at radius 3 is 1.97 bits per heavy atom. The number of amides is 1. The molecular formula is C25H28ClNO8. The van der Waals surface area contributed by atoms with E-state index in [4.69, 9.17) is 30.5 Å². The minimum Gasteiger partial charge on any atom is -0.467 e. The van der Waals surface area contributed by atoms with Crippen molar-refractivity contribution in [3.8, 4) is 22.6 Å². The van der Waals surface area contributed by atoms with E-state index < -0.39 is 35.6 Å². The summed E-state index contributed by atoms with van der Waals surface area (Å²) in [5, 5.41) is 2.87. The molecule has 0 aliphatic rings. The predicted octanol–water partition coefficient (Wildman–Crippen LogP) is 4.47. The van der Waals surface area contributed by atoms with Crippen LogP contribution in [0.3, 0.4) is 0 Å². The Balaban J connectivity index is 2.52. The van der Waals surface area contributed by atoms with Crippen molar-refractivity contribution in [3.63, 3.8) is 0 Å². The highest BCUT2D eigenvalue weighted by Gasteiger charge is 2.26. The van der Waals surface area contributed by atoms with Gasteiger partial charge in [-0.25, -0.2) is 9.59 Å². The van der Waals surface area contributed by atoms with Gasteiger partial charge in [0.25, 0.3) is 0 Å². The van der Waals surface area contributed by atoms with Gasteiger partial charge < -0.3 is 24.3 Å². The Morgan fingerprint density at radius 2 is 1.46 bits per heavy atom. The molecule has 0 unspecified atom stereocenters.